The summed E-state index contributed by atoms with van der Waals surface area (Å²) in [5, 5.41) is 19.9. The SMILES string of the molecule is Cc1nc(-c2ccc(CSSC(C)(C)C)cc2)ncc1C(=O)N[C@@H](CCN)C(=O)N(C)[C@@H]1C(=O)N[C@@H](C)C(=O)N[C@H](C(=O)NCC#N)Cc2ccc(OCCN)c(c2)-c2cc1ccc2OCCN. The number of nitrogens with two attached hydrogens (primary N) is 3. The molecule has 0 saturated heterocycles. The maximum absolute atomic E-state index is 14.7. The number of aryl methyl sites for hydroxylation is 1. The van der Waals surface area contributed by atoms with E-state index in [0.29, 0.717) is 45.3 Å². The lowest BCUT2D eigenvalue weighted by Crippen LogP contribution is -2.56. The van der Waals surface area contributed by atoms with Crippen LogP contribution in [0.1, 0.15) is 72.9 Å². The van der Waals surface area contributed by atoms with Crippen molar-refractivity contribution in [2.24, 2.45) is 17.2 Å². The second-order valence-corrected chi connectivity index (χ2v) is 20.2. The Bertz CT molecular complexity index is 2480. The van der Waals surface area contributed by atoms with Crippen LogP contribution in [0.4, 0.5) is 0 Å². The van der Waals surface area contributed by atoms with Crippen LogP contribution in [0.25, 0.3) is 22.5 Å². The number of rotatable bonds is 18. The highest BCUT2D eigenvalue weighted by Crippen LogP contribution is 2.41. The number of hydrogen-bond acceptors (Lipinski definition) is 15. The summed E-state index contributed by atoms with van der Waals surface area (Å²) in [6.07, 6.45) is 1.41. The average Bonchev–Trinajstić information content (AvgIpc) is 3.31. The third-order valence-electron chi connectivity index (χ3n) is 10.6. The predicted molar refractivity (Wildman–Crippen MR) is 264 cm³/mol. The normalized spacial score (nSPS) is 16.5. The molecule has 4 aromatic rings. The van der Waals surface area contributed by atoms with Gasteiger partial charge in [0, 0.05) is 59.9 Å². The van der Waals surface area contributed by atoms with E-state index in [2.05, 4.69) is 52.0 Å². The number of fused-ring (bicyclic) bond motifs is 5. The summed E-state index contributed by atoms with van der Waals surface area (Å²) < 4.78 is 12.3. The van der Waals surface area contributed by atoms with Crippen molar-refractivity contribution in [3.05, 3.63) is 94.8 Å². The number of aromatic nitrogens is 2. The second kappa shape index (κ2) is 24.7. The highest BCUT2D eigenvalue weighted by atomic mass is 33.1. The standard InChI is InChI=1S/C48H61N11O7S2/c1-28-36(26-54-42(55-28)32-10-7-30(8-11-32)27-67-68-48(3,4)5)44(61)57-37(15-16-49)47(64)59(6)41-33-12-14-40(66-22-19-52)35(25-33)34-23-31(9-13-39(34)65-21-18-51)24-38(45(62)53-20-17-50)58-43(60)29(2)56-46(41)63/h7-14,23,25-26,29,37-38,41H,15-16,18-22,24,27,49,51-52H2,1-6H3,(H,53,62)(H,56,63)(H,57,61)(H,58,60)/t29-,37-,38-,41-/m0/s1. The molecule has 0 radical (unpaired) electrons. The van der Waals surface area contributed by atoms with Gasteiger partial charge in [0.2, 0.25) is 23.6 Å². The van der Waals surface area contributed by atoms with Crippen molar-refractivity contribution >= 4 is 51.1 Å². The lowest BCUT2D eigenvalue weighted by Gasteiger charge is -2.32. The monoisotopic (exact) mass is 967 g/mol. The van der Waals surface area contributed by atoms with E-state index < -0.39 is 53.7 Å². The van der Waals surface area contributed by atoms with E-state index in [1.54, 1.807) is 54.1 Å². The summed E-state index contributed by atoms with van der Waals surface area (Å²) in [7, 11) is 5.02. The van der Waals surface area contributed by atoms with Gasteiger partial charge in [0.25, 0.3) is 5.91 Å². The molecule has 0 spiro atoms. The van der Waals surface area contributed by atoms with Crippen LogP contribution in [-0.2, 0) is 31.4 Å². The van der Waals surface area contributed by atoms with Crippen molar-refractivity contribution in [1.29, 1.82) is 5.26 Å². The van der Waals surface area contributed by atoms with Crippen LogP contribution < -0.4 is 47.9 Å². The summed E-state index contributed by atoms with van der Waals surface area (Å²) in [6, 6.07) is 15.0. The maximum atomic E-state index is 14.7. The Kier molecular flexibility index (Phi) is 19.1. The number of carbonyl (C=O) groups is 5. The minimum absolute atomic E-state index is 0.0000523. The van der Waals surface area contributed by atoms with Crippen molar-refractivity contribution in [3.8, 4) is 40.1 Å². The maximum Gasteiger partial charge on any atom is 0.255 e. The number of amides is 5. The molecule has 20 heteroatoms. The first kappa shape index (κ1) is 52.7. The number of nitrogens with one attached hydrogen (secondary N) is 4. The summed E-state index contributed by atoms with van der Waals surface area (Å²) in [4.78, 5) is 80.6. The molecule has 5 amide bonds. The number of ether oxygens (including phenoxy) is 2. The van der Waals surface area contributed by atoms with Gasteiger partial charge in [-0.1, -0.05) is 78.8 Å². The van der Waals surface area contributed by atoms with Gasteiger partial charge in [0.15, 0.2) is 5.82 Å². The van der Waals surface area contributed by atoms with E-state index in [9.17, 15) is 29.2 Å². The molecule has 1 aliphatic rings. The molecule has 1 aliphatic heterocycles. The fourth-order valence-electron chi connectivity index (χ4n) is 7.22. The van der Waals surface area contributed by atoms with Crippen molar-refractivity contribution in [1.82, 2.24) is 36.1 Å². The Balaban J connectivity index is 1.50. The topological polar surface area (TPSA) is 283 Å². The van der Waals surface area contributed by atoms with E-state index in [-0.39, 0.29) is 62.5 Å². The molecular formula is C48H61N11O7S2. The lowest BCUT2D eigenvalue weighted by molar-refractivity contribution is -0.141. The molecule has 3 aromatic carbocycles. The van der Waals surface area contributed by atoms with Gasteiger partial charge in [-0.15, -0.1) is 0 Å². The van der Waals surface area contributed by atoms with Crippen molar-refractivity contribution < 1.29 is 33.4 Å². The fourth-order valence-corrected chi connectivity index (χ4v) is 9.61. The molecule has 68 heavy (non-hydrogen) atoms. The van der Waals surface area contributed by atoms with Crippen LogP contribution in [0.15, 0.2) is 66.9 Å². The zero-order chi connectivity index (χ0) is 49.5. The molecule has 0 aliphatic carbocycles. The number of hydrogen-bond donors (Lipinski definition) is 7. The smallest absolute Gasteiger partial charge is 0.255 e. The molecule has 2 heterocycles. The van der Waals surface area contributed by atoms with Gasteiger partial charge in [-0.3, -0.25) is 24.0 Å². The molecule has 4 atom stereocenters. The average molecular weight is 968 g/mol. The molecule has 0 unspecified atom stereocenters. The molecule has 5 rings (SSSR count). The van der Waals surface area contributed by atoms with Crippen LogP contribution in [0.5, 0.6) is 11.5 Å². The van der Waals surface area contributed by atoms with E-state index in [1.165, 1.54) is 25.1 Å². The van der Waals surface area contributed by atoms with Gasteiger partial charge in [-0.05, 0) is 67.8 Å². The molecule has 0 saturated carbocycles. The Morgan fingerprint density at radius 2 is 1.60 bits per heavy atom. The fraction of sp³-hybridized carbons (Fsp3) is 0.417. The van der Waals surface area contributed by atoms with Crippen LogP contribution in [0.2, 0.25) is 0 Å². The van der Waals surface area contributed by atoms with E-state index in [1.807, 2.05) is 41.1 Å². The first-order valence-corrected chi connectivity index (χ1v) is 24.5. The Labute approximate surface area is 405 Å². The largest absolute Gasteiger partial charge is 0.492 e. The zero-order valence-electron chi connectivity index (χ0n) is 39.2. The minimum atomic E-state index is -1.40. The number of benzene rings is 3. The quantitative estimate of drug-likeness (QED) is 0.0557. The van der Waals surface area contributed by atoms with Crippen molar-refractivity contribution in [2.45, 2.75) is 82.1 Å². The number of carbonyl (C=O) groups excluding carboxylic acids is 5. The minimum Gasteiger partial charge on any atom is -0.492 e. The third-order valence-corrected chi connectivity index (χ3v) is 13.9. The first-order chi connectivity index (χ1) is 32.5. The first-order valence-electron chi connectivity index (χ1n) is 22.2. The Morgan fingerprint density at radius 3 is 2.22 bits per heavy atom. The summed E-state index contributed by atoms with van der Waals surface area (Å²) in [5.74, 6) is -1.33. The van der Waals surface area contributed by atoms with Gasteiger partial charge in [-0.25, -0.2) is 9.97 Å². The molecule has 1 aromatic heterocycles. The van der Waals surface area contributed by atoms with Crippen LogP contribution in [-0.4, -0.2) is 114 Å². The molecule has 18 nitrogen and oxygen atoms in total. The van der Waals surface area contributed by atoms with Gasteiger partial charge >= 0.3 is 0 Å². The highest BCUT2D eigenvalue weighted by Gasteiger charge is 2.36. The summed E-state index contributed by atoms with van der Waals surface area (Å²) >= 11 is 0. The van der Waals surface area contributed by atoms with E-state index in [4.69, 9.17) is 26.7 Å². The van der Waals surface area contributed by atoms with Crippen LogP contribution in [0, 0.1) is 18.3 Å². The number of nitriles is 1. The molecule has 10 N–H and O–H groups in total. The number of likely N-dealkylation sites (N-methyl/N-ethyl adjacent to an activating group) is 1. The number of nitrogens with zero attached hydrogens (tertiary/aromatic N) is 4. The molecule has 4 bridgehead atoms. The molecular weight excluding hydrogens is 907 g/mol. The van der Waals surface area contributed by atoms with Gasteiger partial charge < -0.3 is 52.8 Å². The highest BCUT2D eigenvalue weighted by molar-refractivity contribution is 8.76. The van der Waals surface area contributed by atoms with Crippen LogP contribution >= 0.6 is 21.6 Å². The third kappa shape index (κ3) is 14.1. The summed E-state index contributed by atoms with van der Waals surface area (Å²) in [5.41, 5.74) is 22.0. The zero-order valence-corrected chi connectivity index (χ0v) is 40.9. The van der Waals surface area contributed by atoms with E-state index in [0.717, 1.165) is 16.9 Å². The van der Waals surface area contributed by atoms with Gasteiger partial charge in [-0.2, -0.15) is 5.26 Å². The van der Waals surface area contributed by atoms with E-state index >= 15 is 0 Å². The molecule has 362 valence electrons. The lowest BCUT2D eigenvalue weighted by atomic mass is 9.93. The van der Waals surface area contributed by atoms with Crippen molar-refractivity contribution in [2.75, 3.05) is 46.4 Å². The predicted octanol–water partition coefficient (Wildman–Crippen LogP) is 3.31. The van der Waals surface area contributed by atoms with Gasteiger partial charge in [0.1, 0.15) is 55.4 Å². The van der Waals surface area contributed by atoms with Gasteiger partial charge in [0.05, 0.1) is 17.3 Å². The Hall–Kier alpha value is -6.24. The second-order valence-electron chi connectivity index (χ2n) is 17.0. The van der Waals surface area contributed by atoms with Crippen LogP contribution in [0.3, 0.4) is 0 Å². The van der Waals surface area contributed by atoms with Crippen molar-refractivity contribution in [3.63, 3.8) is 0 Å². The Morgan fingerprint density at radius 1 is 0.941 bits per heavy atom. The molecule has 0 fully saturated rings. The summed E-state index contributed by atoms with van der Waals surface area (Å²) in [6.45, 7) is 10.0.